The Kier molecular flexibility index (Phi) is 7.97. The zero-order valence-electron chi connectivity index (χ0n) is 19.1. The predicted molar refractivity (Wildman–Crippen MR) is 131 cm³/mol. The molecule has 174 valence electrons. The molecule has 1 aliphatic rings. The lowest BCUT2D eigenvalue weighted by atomic mass is 9.87. The van der Waals surface area contributed by atoms with Crippen molar-refractivity contribution in [3.63, 3.8) is 0 Å². The molecule has 2 aromatic rings. The topological polar surface area (TPSA) is 129 Å². The number of primary amides is 1. The molecule has 0 saturated heterocycles. The number of nitrogens with two attached hydrogens (primary N) is 2. The highest BCUT2D eigenvalue weighted by Gasteiger charge is 2.41. The van der Waals surface area contributed by atoms with Gasteiger partial charge in [0.05, 0.1) is 6.54 Å². The van der Waals surface area contributed by atoms with Gasteiger partial charge in [0.2, 0.25) is 11.8 Å². The lowest BCUT2D eigenvalue weighted by molar-refractivity contribution is -0.138. The second-order valence-corrected chi connectivity index (χ2v) is 8.06. The Labute approximate surface area is 194 Å². The van der Waals surface area contributed by atoms with E-state index in [1.807, 2.05) is 67.4 Å². The largest absolute Gasteiger partial charge is 0.399 e. The molecule has 2 atom stereocenters. The average molecular weight is 449 g/mol. The first-order valence-electron chi connectivity index (χ1n) is 11.1. The fourth-order valence-corrected chi connectivity index (χ4v) is 4.24. The first kappa shape index (κ1) is 24.2. The minimum Gasteiger partial charge on any atom is -0.399 e. The molecule has 0 saturated carbocycles. The van der Waals surface area contributed by atoms with E-state index in [4.69, 9.17) is 16.9 Å². The van der Waals surface area contributed by atoms with Crippen LogP contribution in [0.3, 0.4) is 0 Å². The summed E-state index contributed by atoms with van der Waals surface area (Å²) in [4.78, 5) is 27.6. The first-order valence-corrected chi connectivity index (χ1v) is 11.1. The van der Waals surface area contributed by atoms with Gasteiger partial charge in [0.25, 0.3) is 0 Å². The minimum atomic E-state index is -0.576. The number of benzene rings is 2. The number of nitrogens with one attached hydrogen (secondary N) is 2. The molecular formula is C25H32N6O2. The van der Waals surface area contributed by atoms with Gasteiger partial charge in [-0.15, -0.1) is 0 Å². The van der Waals surface area contributed by atoms with E-state index in [9.17, 15) is 9.59 Å². The number of hydrogen-bond donors (Lipinski definition) is 4. The van der Waals surface area contributed by atoms with Crippen LogP contribution in [0.2, 0.25) is 0 Å². The van der Waals surface area contributed by atoms with Crippen LogP contribution in [0.5, 0.6) is 0 Å². The molecular weight excluding hydrogens is 416 g/mol. The van der Waals surface area contributed by atoms with Crippen molar-refractivity contribution in [3.8, 4) is 0 Å². The number of carbonyl (C=O) groups is 2. The zero-order chi connectivity index (χ0) is 24.0. The molecule has 3 rings (SSSR count). The Balaban J connectivity index is 2.10. The van der Waals surface area contributed by atoms with Gasteiger partial charge < -0.3 is 21.8 Å². The molecule has 2 unspecified atom stereocenters. The van der Waals surface area contributed by atoms with Crippen LogP contribution in [-0.2, 0) is 16.1 Å². The van der Waals surface area contributed by atoms with Gasteiger partial charge >= 0.3 is 0 Å². The maximum absolute atomic E-state index is 14.0. The van der Waals surface area contributed by atoms with Crippen LogP contribution in [0.1, 0.15) is 37.0 Å². The quantitative estimate of drug-likeness (QED) is 0.252. The normalized spacial score (nSPS) is 18.3. The van der Waals surface area contributed by atoms with Gasteiger partial charge in [-0.3, -0.25) is 15.0 Å². The third kappa shape index (κ3) is 5.66. The number of hydrazine groups is 1. The van der Waals surface area contributed by atoms with Crippen molar-refractivity contribution >= 4 is 29.4 Å². The van der Waals surface area contributed by atoms with Crippen LogP contribution < -0.4 is 16.9 Å². The van der Waals surface area contributed by atoms with Gasteiger partial charge in [0.1, 0.15) is 6.04 Å². The molecule has 8 heteroatoms. The van der Waals surface area contributed by atoms with Gasteiger partial charge in [-0.05, 0) is 28.8 Å². The molecule has 6 N–H and O–H groups in total. The van der Waals surface area contributed by atoms with Gasteiger partial charge in [-0.2, -0.15) is 0 Å². The molecule has 0 radical (unpaired) electrons. The van der Waals surface area contributed by atoms with Gasteiger partial charge in [-0.1, -0.05) is 56.3 Å². The second kappa shape index (κ2) is 10.9. The maximum atomic E-state index is 14.0. The SMILES string of the molecule is CCNN(CC)C1C(=O)N(Cc2ccc(C=N)cc2)C(c2cccc(N)c2)=CC1CC(N)=O. The Morgan fingerprint density at radius 2 is 1.94 bits per heavy atom. The fraction of sp³-hybridized carbons (Fsp3) is 0.320. The van der Waals surface area contributed by atoms with Crippen molar-refractivity contribution in [1.29, 1.82) is 5.41 Å². The van der Waals surface area contributed by atoms with E-state index >= 15 is 0 Å². The molecule has 0 aliphatic carbocycles. The smallest absolute Gasteiger partial charge is 0.246 e. The summed E-state index contributed by atoms with van der Waals surface area (Å²) < 4.78 is 0. The molecule has 0 spiro atoms. The second-order valence-electron chi connectivity index (χ2n) is 8.06. The molecule has 0 aromatic heterocycles. The van der Waals surface area contributed by atoms with E-state index in [0.29, 0.717) is 31.0 Å². The fourth-order valence-electron chi connectivity index (χ4n) is 4.24. The van der Waals surface area contributed by atoms with Crippen molar-refractivity contribution in [2.75, 3.05) is 18.8 Å². The van der Waals surface area contributed by atoms with E-state index in [1.165, 1.54) is 6.21 Å². The van der Waals surface area contributed by atoms with Crippen molar-refractivity contribution in [3.05, 3.63) is 71.3 Å². The monoisotopic (exact) mass is 448 g/mol. The molecule has 33 heavy (non-hydrogen) atoms. The Morgan fingerprint density at radius 1 is 1.21 bits per heavy atom. The van der Waals surface area contributed by atoms with Gasteiger partial charge in [0.15, 0.2) is 0 Å². The highest BCUT2D eigenvalue weighted by atomic mass is 16.2. The molecule has 2 aromatic carbocycles. The lowest BCUT2D eigenvalue weighted by Gasteiger charge is -2.42. The molecule has 0 bridgehead atoms. The van der Waals surface area contributed by atoms with Crippen molar-refractivity contribution in [2.45, 2.75) is 32.9 Å². The molecule has 2 amide bonds. The van der Waals surface area contributed by atoms with Crippen LogP contribution in [-0.4, -0.2) is 47.1 Å². The third-order valence-electron chi connectivity index (χ3n) is 5.73. The Hall–Kier alpha value is -3.49. The van der Waals surface area contributed by atoms with Crippen molar-refractivity contribution in [1.82, 2.24) is 15.3 Å². The number of hydrogen-bond acceptors (Lipinski definition) is 6. The van der Waals surface area contributed by atoms with Crippen LogP contribution >= 0.6 is 0 Å². The lowest BCUT2D eigenvalue weighted by Crippen LogP contribution is -2.58. The van der Waals surface area contributed by atoms with Crippen LogP contribution in [0.25, 0.3) is 5.70 Å². The third-order valence-corrected chi connectivity index (χ3v) is 5.73. The number of likely N-dealkylation sites (N-methyl/N-ethyl adjacent to an activating group) is 1. The molecule has 0 fully saturated rings. The predicted octanol–water partition coefficient (Wildman–Crippen LogP) is 2.36. The number of nitrogen functional groups attached to an aromatic ring is 1. The average Bonchev–Trinajstić information content (AvgIpc) is 2.80. The minimum absolute atomic E-state index is 0.0615. The summed E-state index contributed by atoms with van der Waals surface area (Å²) in [5, 5.41) is 9.30. The van der Waals surface area contributed by atoms with E-state index in [1.54, 1.807) is 11.0 Å². The number of rotatable bonds is 10. The molecule has 1 aliphatic heterocycles. The molecule has 8 nitrogen and oxygen atoms in total. The maximum Gasteiger partial charge on any atom is 0.246 e. The highest BCUT2D eigenvalue weighted by Crippen LogP contribution is 2.34. The number of nitrogens with zero attached hydrogens (tertiary/aromatic N) is 2. The summed E-state index contributed by atoms with van der Waals surface area (Å²) >= 11 is 0. The van der Waals surface area contributed by atoms with E-state index in [2.05, 4.69) is 5.43 Å². The molecule has 1 heterocycles. The van der Waals surface area contributed by atoms with Gasteiger partial charge in [0, 0.05) is 43.0 Å². The first-order chi connectivity index (χ1) is 15.9. The summed E-state index contributed by atoms with van der Waals surface area (Å²) in [5.41, 5.74) is 18.7. The van der Waals surface area contributed by atoms with Crippen LogP contribution in [0.4, 0.5) is 5.69 Å². The summed E-state index contributed by atoms with van der Waals surface area (Å²) in [6.07, 6.45) is 3.32. The summed E-state index contributed by atoms with van der Waals surface area (Å²) in [5.74, 6) is -0.953. The highest BCUT2D eigenvalue weighted by molar-refractivity contribution is 5.94. The zero-order valence-corrected chi connectivity index (χ0v) is 19.1. The van der Waals surface area contributed by atoms with E-state index in [-0.39, 0.29) is 18.2 Å². The number of amides is 2. The van der Waals surface area contributed by atoms with E-state index in [0.717, 1.165) is 16.7 Å². The van der Waals surface area contributed by atoms with Crippen LogP contribution in [0, 0.1) is 11.3 Å². The van der Waals surface area contributed by atoms with Crippen LogP contribution in [0.15, 0.2) is 54.6 Å². The standard InChI is InChI=1S/C25H32N6O2/c1-3-29-31(4-2)24-20(14-23(28)32)13-22(19-6-5-7-21(27)12-19)30(25(24)33)16-18-10-8-17(15-26)9-11-18/h5-13,15,20,24,26,29H,3-4,14,16,27H2,1-2H3,(H2,28,32). The van der Waals surface area contributed by atoms with Crippen molar-refractivity contribution in [2.24, 2.45) is 11.7 Å². The Morgan fingerprint density at radius 3 is 2.52 bits per heavy atom. The number of anilines is 1. The number of carbonyl (C=O) groups excluding carboxylic acids is 2. The van der Waals surface area contributed by atoms with Crippen molar-refractivity contribution < 1.29 is 9.59 Å². The summed E-state index contributed by atoms with van der Waals surface area (Å²) in [6.45, 7) is 5.52. The van der Waals surface area contributed by atoms with Gasteiger partial charge in [-0.25, -0.2) is 5.01 Å². The summed E-state index contributed by atoms with van der Waals surface area (Å²) in [6, 6.07) is 14.3. The Bertz CT molecular complexity index is 1030. The van der Waals surface area contributed by atoms with E-state index < -0.39 is 11.9 Å². The summed E-state index contributed by atoms with van der Waals surface area (Å²) in [7, 11) is 0.